The van der Waals surface area contributed by atoms with Gasteiger partial charge in [-0.1, -0.05) is 12.1 Å². The summed E-state index contributed by atoms with van der Waals surface area (Å²) < 4.78 is 29.5. The van der Waals surface area contributed by atoms with Crippen molar-refractivity contribution in [3.8, 4) is 0 Å². The van der Waals surface area contributed by atoms with Gasteiger partial charge in [-0.25, -0.2) is 8.42 Å². The van der Waals surface area contributed by atoms with E-state index < -0.39 is 28.5 Å². The molecule has 0 atom stereocenters. The molecule has 0 aliphatic rings. The highest BCUT2D eigenvalue weighted by Crippen LogP contribution is 2.16. The first-order valence-electron chi connectivity index (χ1n) is 5.61. The number of carbonyl (C=O) groups excluding carboxylic acids is 1. The van der Waals surface area contributed by atoms with Crippen molar-refractivity contribution < 1.29 is 27.9 Å². The van der Waals surface area contributed by atoms with Gasteiger partial charge < -0.3 is 9.84 Å². The Balaban J connectivity index is 3.04. The molecule has 0 aliphatic heterocycles. The fourth-order valence-corrected chi connectivity index (χ4v) is 2.70. The predicted octanol–water partition coefficient (Wildman–Crippen LogP) is 0.107. The molecular formula is C12H15NO6S. The minimum Gasteiger partial charge on any atom is -0.480 e. The second kappa shape index (κ2) is 6.49. The second-order valence-electron chi connectivity index (χ2n) is 4.06. The Labute approximate surface area is 116 Å². The molecule has 0 heterocycles. The van der Waals surface area contributed by atoms with Gasteiger partial charge in [-0.05, 0) is 17.7 Å². The number of hydrogen-bond acceptors (Lipinski definition) is 5. The summed E-state index contributed by atoms with van der Waals surface area (Å²) in [5.41, 5.74) is 0.474. The summed E-state index contributed by atoms with van der Waals surface area (Å²) in [6, 6.07) is 5.74. The van der Waals surface area contributed by atoms with Crippen LogP contribution in [0.1, 0.15) is 5.56 Å². The first-order valence-corrected chi connectivity index (χ1v) is 7.05. The number of benzene rings is 1. The highest BCUT2D eigenvalue weighted by atomic mass is 32.2. The average Bonchev–Trinajstić information content (AvgIpc) is 2.38. The number of ether oxygens (including phenoxy) is 1. The van der Waals surface area contributed by atoms with Crippen LogP contribution >= 0.6 is 0 Å². The van der Waals surface area contributed by atoms with E-state index in [9.17, 15) is 18.0 Å². The van der Waals surface area contributed by atoms with Crippen molar-refractivity contribution in [3.63, 3.8) is 0 Å². The van der Waals surface area contributed by atoms with Crippen molar-refractivity contribution >= 4 is 22.0 Å². The van der Waals surface area contributed by atoms with Crippen LogP contribution in [0.4, 0.5) is 0 Å². The Morgan fingerprint density at radius 2 is 2.00 bits per heavy atom. The van der Waals surface area contributed by atoms with Crippen LogP contribution in [0.15, 0.2) is 29.2 Å². The Kier molecular flexibility index (Phi) is 5.23. The summed E-state index contributed by atoms with van der Waals surface area (Å²) in [5, 5.41) is 8.63. The summed E-state index contributed by atoms with van der Waals surface area (Å²) in [6.45, 7) is -0.635. The first-order chi connectivity index (χ1) is 9.27. The van der Waals surface area contributed by atoms with Gasteiger partial charge in [0.2, 0.25) is 10.0 Å². The number of sulfonamides is 1. The van der Waals surface area contributed by atoms with Crippen LogP contribution in [0.25, 0.3) is 0 Å². The number of hydrogen-bond donors (Lipinski definition) is 1. The molecule has 0 aliphatic carbocycles. The fourth-order valence-electron chi connectivity index (χ4n) is 1.51. The van der Waals surface area contributed by atoms with Crippen molar-refractivity contribution in [2.24, 2.45) is 0 Å². The standard InChI is InChI=1S/C12H15NO6S/c1-13(8-11(14)15)20(17,18)10-5-3-4-9(6-10)7-12(16)19-2/h3-6H,7-8H2,1-2H3,(H,14,15). The van der Waals surface area contributed by atoms with Gasteiger partial charge in [0.15, 0.2) is 0 Å². The van der Waals surface area contributed by atoms with Crippen LogP contribution in [0.3, 0.4) is 0 Å². The van der Waals surface area contributed by atoms with Gasteiger partial charge in [-0.2, -0.15) is 4.31 Å². The summed E-state index contributed by atoms with van der Waals surface area (Å²) in [6.07, 6.45) is -0.0531. The van der Waals surface area contributed by atoms with Gasteiger partial charge >= 0.3 is 11.9 Å². The Bertz CT molecular complexity index is 610. The smallest absolute Gasteiger partial charge is 0.318 e. The maximum atomic E-state index is 12.1. The van der Waals surface area contributed by atoms with Crippen LogP contribution in [-0.2, 0) is 30.8 Å². The van der Waals surface area contributed by atoms with E-state index in [-0.39, 0.29) is 11.3 Å². The number of carboxylic acids is 1. The zero-order valence-corrected chi connectivity index (χ0v) is 11.9. The van der Waals surface area contributed by atoms with E-state index in [0.29, 0.717) is 5.56 Å². The van der Waals surface area contributed by atoms with Gasteiger partial charge in [-0.15, -0.1) is 0 Å². The molecule has 0 aromatic heterocycles. The van der Waals surface area contributed by atoms with Crippen molar-refractivity contribution in [3.05, 3.63) is 29.8 Å². The van der Waals surface area contributed by atoms with Gasteiger partial charge in [-0.3, -0.25) is 9.59 Å². The molecule has 20 heavy (non-hydrogen) atoms. The molecule has 1 N–H and O–H groups in total. The van der Waals surface area contributed by atoms with E-state index >= 15 is 0 Å². The second-order valence-corrected chi connectivity index (χ2v) is 6.10. The van der Waals surface area contributed by atoms with Gasteiger partial charge in [0.25, 0.3) is 0 Å². The molecule has 1 aromatic carbocycles. The van der Waals surface area contributed by atoms with E-state index in [2.05, 4.69) is 4.74 Å². The molecule has 1 aromatic rings. The number of rotatable bonds is 6. The van der Waals surface area contributed by atoms with E-state index in [1.807, 2.05) is 0 Å². The number of carbonyl (C=O) groups is 2. The lowest BCUT2D eigenvalue weighted by atomic mass is 10.1. The molecule has 0 bridgehead atoms. The minimum absolute atomic E-state index is 0.0531. The van der Waals surface area contributed by atoms with Crippen molar-refractivity contribution in [1.82, 2.24) is 4.31 Å². The molecule has 0 radical (unpaired) electrons. The molecule has 110 valence electrons. The summed E-state index contributed by atoms with van der Waals surface area (Å²) in [4.78, 5) is 21.7. The van der Waals surface area contributed by atoms with Crippen molar-refractivity contribution in [2.45, 2.75) is 11.3 Å². The minimum atomic E-state index is -3.90. The summed E-state index contributed by atoms with van der Waals surface area (Å²) in [5.74, 6) is -1.74. The van der Waals surface area contributed by atoms with Crippen LogP contribution in [0.5, 0.6) is 0 Å². The monoisotopic (exact) mass is 301 g/mol. The first kappa shape index (κ1) is 16.1. The third-order valence-electron chi connectivity index (χ3n) is 2.54. The quantitative estimate of drug-likeness (QED) is 0.748. The van der Waals surface area contributed by atoms with Crippen molar-refractivity contribution in [1.29, 1.82) is 0 Å². The van der Waals surface area contributed by atoms with Gasteiger partial charge in [0.1, 0.15) is 6.54 Å². The fraction of sp³-hybridized carbons (Fsp3) is 0.333. The Hall–Kier alpha value is -1.93. The number of carboxylic acid groups (broad SMARTS) is 1. The Morgan fingerprint density at radius 1 is 1.35 bits per heavy atom. The van der Waals surface area contributed by atoms with E-state index in [1.165, 1.54) is 32.4 Å². The third kappa shape index (κ3) is 4.04. The zero-order chi connectivity index (χ0) is 15.3. The summed E-state index contributed by atoms with van der Waals surface area (Å²) >= 11 is 0. The van der Waals surface area contributed by atoms with Crippen LogP contribution < -0.4 is 0 Å². The van der Waals surface area contributed by atoms with Gasteiger partial charge in [0.05, 0.1) is 18.4 Å². The molecule has 1 rings (SSSR count). The van der Waals surface area contributed by atoms with Crippen LogP contribution in [0, 0.1) is 0 Å². The summed E-state index contributed by atoms with van der Waals surface area (Å²) in [7, 11) is -1.48. The molecular weight excluding hydrogens is 286 g/mol. The molecule has 0 unspecified atom stereocenters. The normalized spacial score (nSPS) is 11.3. The Morgan fingerprint density at radius 3 is 2.55 bits per heavy atom. The topological polar surface area (TPSA) is 101 Å². The van der Waals surface area contributed by atoms with E-state index in [4.69, 9.17) is 5.11 Å². The van der Waals surface area contributed by atoms with Crippen LogP contribution in [-0.4, -0.2) is 50.5 Å². The third-order valence-corrected chi connectivity index (χ3v) is 4.34. The maximum absolute atomic E-state index is 12.1. The maximum Gasteiger partial charge on any atom is 0.318 e. The molecule has 0 spiro atoms. The molecule has 0 saturated heterocycles. The SMILES string of the molecule is COC(=O)Cc1cccc(S(=O)(=O)N(C)CC(=O)O)c1. The van der Waals surface area contributed by atoms with Crippen LogP contribution in [0.2, 0.25) is 0 Å². The van der Waals surface area contributed by atoms with E-state index in [0.717, 1.165) is 4.31 Å². The lowest BCUT2D eigenvalue weighted by Gasteiger charge is -2.15. The lowest BCUT2D eigenvalue weighted by Crippen LogP contribution is -2.32. The zero-order valence-electron chi connectivity index (χ0n) is 11.1. The van der Waals surface area contributed by atoms with E-state index in [1.54, 1.807) is 6.07 Å². The number of nitrogens with zero attached hydrogens (tertiary/aromatic N) is 1. The predicted molar refractivity (Wildman–Crippen MR) is 69.6 cm³/mol. The largest absolute Gasteiger partial charge is 0.480 e. The molecule has 7 nitrogen and oxygen atoms in total. The highest BCUT2D eigenvalue weighted by molar-refractivity contribution is 7.89. The highest BCUT2D eigenvalue weighted by Gasteiger charge is 2.23. The molecule has 8 heteroatoms. The number of methoxy groups -OCH3 is 1. The number of likely N-dealkylation sites (N-methyl/N-ethyl adjacent to an activating group) is 1. The van der Waals surface area contributed by atoms with Gasteiger partial charge in [0, 0.05) is 7.05 Å². The molecule has 0 amide bonds. The lowest BCUT2D eigenvalue weighted by molar-refractivity contribution is -0.140. The molecule has 0 saturated carbocycles. The molecule has 0 fully saturated rings. The number of aliphatic carboxylic acids is 1. The van der Waals surface area contributed by atoms with Crippen molar-refractivity contribution in [2.75, 3.05) is 20.7 Å². The number of esters is 1. The average molecular weight is 301 g/mol.